The molecule has 0 saturated carbocycles. The van der Waals surface area contributed by atoms with Crippen molar-refractivity contribution in [3.8, 4) is 34.3 Å². The van der Waals surface area contributed by atoms with Crippen LogP contribution in [-0.4, -0.2) is 174 Å². The van der Waals surface area contributed by atoms with Gasteiger partial charge in [-0.15, -0.1) is 0 Å². The summed E-state index contributed by atoms with van der Waals surface area (Å²) in [6.45, 7) is 9.34. The van der Waals surface area contributed by atoms with E-state index in [4.69, 9.17) is 84.3 Å². The maximum Gasteiger partial charge on any atom is 0.220 e. The van der Waals surface area contributed by atoms with E-state index in [0.29, 0.717) is 163 Å². The van der Waals surface area contributed by atoms with Gasteiger partial charge in [-0.2, -0.15) is 0 Å². The minimum atomic E-state index is -0.0781. The Labute approximate surface area is 512 Å². The highest BCUT2D eigenvalue weighted by molar-refractivity contribution is 6.35. The number of nitrogens with zero attached hydrogens (tertiary/aromatic N) is 6. The number of benzene rings is 4. The number of hydrogen-bond donors (Lipinski definition) is 2. The fourth-order valence-electron chi connectivity index (χ4n) is 10.0. The molecule has 4 heterocycles. The van der Waals surface area contributed by atoms with E-state index in [1.807, 2.05) is 60.7 Å². The summed E-state index contributed by atoms with van der Waals surface area (Å²) >= 11 is 26.1. The summed E-state index contributed by atoms with van der Waals surface area (Å²) in [6.07, 6.45) is 4.89. The van der Waals surface area contributed by atoms with Gasteiger partial charge in [-0.05, 0) is 96.7 Å². The van der Waals surface area contributed by atoms with Crippen molar-refractivity contribution in [2.24, 2.45) is 0 Å². The first-order valence-electron chi connectivity index (χ1n) is 28.4. The number of amides is 2. The van der Waals surface area contributed by atoms with E-state index < -0.39 is 0 Å². The minimum Gasteiger partial charge on any atom is -0.475 e. The molecule has 2 aliphatic heterocycles. The molecule has 0 radical (unpaired) electrons. The van der Waals surface area contributed by atoms with Gasteiger partial charge in [0.2, 0.25) is 23.6 Å². The Morgan fingerprint density at radius 3 is 1.27 bits per heavy atom. The first-order chi connectivity index (χ1) is 41.0. The number of aromatic nitrogens is 4. The Balaban J connectivity index is 0.559. The van der Waals surface area contributed by atoms with E-state index in [2.05, 4.69) is 78.7 Å². The van der Waals surface area contributed by atoms with Gasteiger partial charge in [0, 0.05) is 107 Å². The Hall–Kier alpha value is -5.58. The van der Waals surface area contributed by atoms with Crippen molar-refractivity contribution in [1.29, 1.82) is 0 Å². The Morgan fingerprint density at radius 1 is 0.488 bits per heavy atom. The number of halogens is 4. The largest absolute Gasteiger partial charge is 0.475 e. The van der Waals surface area contributed by atoms with Gasteiger partial charge in [-0.1, -0.05) is 82.8 Å². The predicted octanol–water partition coefficient (Wildman–Crippen LogP) is 9.72. The van der Waals surface area contributed by atoms with Crippen LogP contribution in [0.5, 0.6) is 11.8 Å². The zero-order valence-corrected chi connectivity index (χ0v) is 50.7. The summed E-state index contributed by atoms with van der Waals surface area (Å²) < 4.78 is 45.4. The van der Waals surface area contributed by atoms with Crippen molar-refractivity contribution in [2.75, 3.05) is 133 Å². The van der Waals surface area contributed by atoms with Crippen LogP contribution in [-0.2, 0) is 51.1 Å². The van der Waals surface area contributed by atoms with E-state index in [9.17, 15) is 9.59 Å². The summed E-state index contributed by atoms with van der Waals surface area (Å²) in [6, 6.07) is 28.0. The maximum atomic E-state index is 12.2. The van der Waals surface area contributed by atoms with Crippen LogP contribution in [0.2, 0.25) is 20.1 Å². The van der Waals surface area contributed by atoms with Gasteiger partial charge in [0.1, 0.15) is 25.9 Å². The van der Waals surface area contributed by atoms with E-state index in [1.165, 1.54) is 12.7 Å². The third-order valence-corrected chi connectivity index (χ3v) is 15.2. The lowest BCUT2D eigenvalue weighted by molar-refractivity contribution is -0.123. The highest BCUT2D eigenvalue weighted by Gasteiger charge is 2.29. The minimum absolute atomic E-state index is 0.0781. The monoisotopic (exact) mass is 1230 g/mol. The van der Waals surface area contributed by atoms with Gasteiger partial charge in [0.25, 0.3) is 0 Å². The Morgan fingerprint density at radius 2 is 0.869 bits per heavy atom. The molecule has 0 bridgehead atoms. The van der Waals surface area contributed by atoms with Crippen LogP contribution in [0.3, 0.4) is 0 Å². The third-order valence-electron chi connectivity index (χ3n) is 14.1. The lowest BCUT2D eigenvalue weighted by Crippen LogP contribution is -2.31. The van der Waals surface area contributed by atoms with Gasteiger partial charge in [0.05, 0.1) is 90.7 Å². The molecule has 2 aliphatic rings. The molecular weight excluding hydrogens is 1160 g/mol. The van der Waals surface area contributed by atoms with Crippen molar-refractivity contribution >= 4 is 58.2 Å². The summed E-state index contributed by atoms with van der Waals surface area (Å²) in [5.74, 6) is 0.989. The van der Waals surface area contributed by atoms with Crippen LogP contribution in [0.1, 0.15) is 70.9 Å². The molecular formula is C62H74Cl4N8O10. The molecule has 8 rings (SSSR count). The normalized spacial score (nSPS) is 15.1. The molecule has 0 aliphatic carbocycles. The fraction of sp³-hybridized carbons (Fsp3) is 0.452. The molecule has 450 valence electrons. The average molecular weight is 1230 g/mol. The van der Waals surface area contributed by atoms with Crippen LogP contribution >= 0.6 is 46.4 Å². The SMILES string of the molecule is CN1Cc2c(Cl)cc(Cl)cc2[C@H](c2cccc(-c3cc(OCCOCCOCCOCCNC(=O)CCCCC(=O)NCCOCCOCCOCCOc4cc(-c5cccc([C@@H]6CN(C)Cc7c(Cl)cc(Cl)cc76)c5)ncn4)ncn3)c2)C1. The molecule has 22 heteroatoms. The molecule has 2 amide bonds. The molecule has 0 saturated heterocycles. The first-order valence-corrected chi connectivity index (χ1v) is 29.9. The summed E-state index contributed by atoms with van der Waals surface area (Å²) in [7, 11) is 4.19. The summed E-state index contributed by atoms with van der Waals surface area (Å²) in [5.41, 5.74) is 10.2. The molecule has 84 heavy (non-hydrogen) atoms. The van der Waals surface area contributed by atoms with Gasteiger partial charge >= 0.3 is 0 Å². The standard InChI is InChI=1S/C62H74Cl4N8O10/c1-73-37-51(49-31-47(63)33-55(65)53(49)39-73)43-7-5-9-45(29-43)57-35-61(71-41-69-57)83-27-25-81-23-21-79-19-17-77-15-13-67-59(75)11-3-4-12-60(76)68-14-16-78-18-20-80-22-24-82-26-28-84-62-36-58(70-42-72-62)46-10-6-8-44(30-46)52-38-74(2)40-54-50(52)32-48(64)34-56(54)66/h5-10,29-36,41-42,51-52H,3-4,11-28,37-40H2,1-2H3,(H,67,75)(H,68,76)/t51-,52-/m0/s1. The number of rotatable bonds is 35. The van der Waals surface area contributed by atoms with Crippen molar-refractivity contribution in [1.82, 2.24) is 40.4 Å². The van der Waals surface area contributed by atoms with Gasteiger partial charge in [-0.3, -0.25) is 9.59 Å². The van der Waals surface area contributed by atoms with Gasteiger partial charge in [-0.25, -0.2) is 19.9 Å². The van der Waals surface area contributed by atoms with Crippen LogP contribution < -0.4 is 20.1 Å². The first kappa shape index (κ1) is 64.4. The number of unbranched alkanes of at least 4 members (excludes halogenated alkanes) is 1. The lowest BCUT2D eigenvalue weighted by atomic mass is 9.84. The number of carbonyl (C=O) groups is 2. The van der Waals surface area contributed by atoms with E-state index in [-0.39, 0.29) is 23.7 Å². The quantitative estimate of drug-likeness (QED) is 0.0357. The predicted molar refractivity (Wildman–Crippen MR) is 325 cm³/mol. The molecule has 2 N–H and O–H groups in total. The van der Waals surface area contributed by atoms with Crippen molar-refractivity contribution in [3.63, 3.8) is 0 Å². The molecule has 2 atom stereocenters. The molecule has 2 aromatic heterocycles. The number of nitrogens with one attached hydrogen (secondary N) is 2. The zero-order valence-electron chi connectivity index (χ0n) is 47.6. The smallest absolute Gasteiger partial charge is 0.220 e. The summed E-state index contributed by atoms with van der Waals surface area (Å²) in [5, 5.41) is 8.34. The number of carbonyl (C=O) groups excluding carboxylic acids is 2. The topological polar surface area (TPSA) is 190 Å². The lowest BCUT2D eigenvalue weighted by Gasteiger charge is -2.33. The summed E-state index contributed by atoms with van der Waals surface area (Å²) in [4.78, 5) is 46.6. The molecule has 4 aromatic carbocycles. The van der Waals surface area contributed by atoms with Crippen LogP contribution in [0, 0.1) is 0 Å². The highest BCUT2D eigenvalue weighted by atomic mass is 35.5. The van der Waals surface area contributed by atoms with E-state index >= 15 is 0 Å². The second-order valence-electron chi connectivity index (χ2n) is 20.4. The van der Waals surface area contributed by atoms with Crippen molar-refractivity contribution in [3.05, 3.63) is 151 Å². The number of ether oxygens (including phenoxy) is 8. The number of hydrogen-bond acceptors (Lipinski definition) is 16. The van der Waals surface area contributed by atoms with Crippen LogP contribution in [0.4, 0.5) is 0 Å². The van der Waals surface area contributed by atoms with Crippen molar-refractivity contribution < 1.29 is 47.5 Å². The van der Waals surface area contributed by atoms with Crippen LogP contribution in [0.15, 0.2) is 97.6 Å². The maximum absolute atomic E-state index is 12.2. The third kappa shape index (κ3) is 20.6. The molecule has 6 aromatic rings. The molecule has 0 unspecified atom stereocenters. The second kappa shape index (κ2) is 34.5. The Kier molecular flexibility index (Phi) is 26.5. The second-order valence-corrected chi connectivity index (χ2v) is 22.1. The number of likely N-dealkylation sites (N-methyl/N-ethyl adjacent to an activating group) is 2. The van der Waals surface area contributed by atoms with Crippen LogP contribution in [0.25, 0.3) is 22.5 Å². The molecule has 18 nitrogen and oxygen atoms in total. The van der Waals surface area contributed by atoms with E-state index in [0.717, 1.165) is 82.1 Å². The molecule has 0 fully saturated rings. The highest BCUT2D eigenvalue weighted by Crippen LogP contribution is 2.41. The fourth-order valence-corrected chi connectivity index (χ4v) is 11.1. The number of fused-ring (bicyclic) bond motifs is 2. The zero-order chi connectivity index (χ0) is 58.9. The van der Waals surface area contributed by atoms with Crippen molar-refractivity contribution in [2.45, 2.75) is 50.6 Å². The van der Waals surface area contributed by atoms with Gasteiger partial charge < -0.3 is 58.3 Å². The van der Waals surface area contributed by atoms with Gasteiger partial charge in [0.15, 0.2) is 0 Å². The average Bonchev–Trinajstić information content (AvgIpc) is 3.40. The Bertz CT molecular complexity index is 2860. The molecule has 0 spiro atoms. The van der Waals surface area contributed by atoms with E-state index in [1.54, 1.807) is 0 Å².